The van der Waals surface area contributed by atoms with E-state index in [0.29, 0.717) is 0 Å². The molecule has 1 fully saturated rings. The van der Waals surface area contributed by atoms with E-state index in [-0.39, 0.29) is 17.0 Å². The topological polar surface area (TPSA) is 241 Å². The maximum Gasteiger partial charge on any atom is 0.407 e. The van der Waals surface area contributed by atoms with Gasteiger partial charge in [-0.2, -0.15) is 0 Å². The second-order valence-electron chi connectivity index (χ2n) is 5.74. The number of hydrogen-bond acceptors (Lipinski definition) is 12. The van der Waals surface area contributed by atoms with Gasteiger partial charge in [0.05, 0.1) is 12.9 Å². The Labute approximate surface area is 163 Å². The highest BCUT2D eigenvalue weighted by Gasteiger charge is 2.44. The van der Waals surface area contributed by atoms with Gasteiger partial charge in [-0.15, -0.1) is 4.86 Å². The molecule has 0 radical (unpaired) electrons. The highest BCUT2D eigenvalue weighted by molar-refractivity contribution is 7.63. The van der Waals surface area contributed by atoms with Gasteiger partial charge in [0.2, 0.25) is 0 Å². The summed E-state index contributed by atoms with van der Waals surface area (Å²) in [5.74, 6) is 0.108. The van der Waals surface area contributed by atoms with Crippen molar-refractivity contribution in [2.45, 2.75) is 24.5 Å². The number of nitrogen functional groups attached to an aromatic ring is 1. The van der Waals surface area contributed by atoms with Crippen molar-refractivity contribution in [1.29, 1.82) is 0 Å². The minimum atomic E-state index is -4.84. The minimum absolute atomic E-state index is 0.108. The molecule has 2 aromatic rings. The lowest BCUT2D eigenvalue weighted by Crippen LogP contribution is -2.33. The van der Waals surface area contributed by atoms with Gasteiger partial charge in [-0.1, -0.05) is 0 Å². The maximum absolute atomic E-state index is 11.6. The zero-order valence-electron chi connectivity index (χ0n) is 14.2. The van der Waals surface area contributed by atoms with E-state index in [1.807, 2.05) is 0 Å². The number of nitrogens with two attached hydrogens (primary N) is 1. The summed E-state index contributed by atoms with van der Waals surface area (Å²) in [4.78, 5) is 30.3. The molecule has 1 saturated heterocycles. The molecular weight excluding hydrogens is 457 g/mol. The average molecular weight is 474 g/mol. The fourth-order valence-corrected chi connectivity index (χ4v) is 5.24. The first kappa shape index (κ1) is 22.4. The van der Waals surface area contributed by atoms with Crippen LogP contribution in [0.5, 0.6) is 0 Å². The summed E-state index contributed by atoms with van der Waals surface area (Å²) in [7, 11) is -11.8. The standard InChI is InChI=1S/C10H17N6O10P3/c11-8-5-9(13-2-12-8)16(3-14-5)10-7(18)6(17)4(25-10)1-24-28(20)26-27(19)15-29(21,22)23/h2-4,6-7,10,17-18,27-28H,1H2,(H2,11,12,13)(H3,15,19,21,22,23)/t4-,6-,7-,10-/m1/s1. The van der Waals surface area contributed by atoms with E-state index < -0.39 is 55.3 Å². The summed E-state index contributed by atoms with van der Waals surface area (Å²) < 4.78 is 49.5. The highest BCUT2D eigenvalue weighted by atomic mass is 31.2. The van der Waals surface area contributed by atoms with E-state index in [9.17, 15) is 23.9 Å². The van der Waals surface area contributed by atoms with Crippen LogP contribution < -0.4 is 10.6 Å². The van der Waals surface area contributed by atoms with Crippen LogP contribution in [0.3, 0.4) is 0 Å². The van der Waals surface area contributed by atoms with Crippen LogP contribution in [0.1, 0.15) is 6.23 Å². The van der Waals surface area contributed by atoms with Gasteiger partial charge in [-0.3, -0.25) is 13.7 Å². The molecule has 6 atom stereocenters. The van der Waals surface area contributed by atoms with Gasteiger partial charge in [0.1, 0.15) is 30.2 Å². The van der Waals surface area contributed by atoms with E-state index in [0.717, 1.165) is 0 Å². The summed E-state index contributed by atoms with van der Waals surface area (Å²) in [6, 6.07) is 0. The Morgan fingerprint density at radius 2 is 2.00 bits per heavy atom. The van der Waals surface area contributed by atoms with Gasteiger partial charge in [-0.05, 0) is 0 Å². The molecule has 1 aliphatic heterocycles. The summed E-state index contributed by atoms with van der Waals surface area (Å²) in [5, 5.41) is 20.4. The Hall–Kier alpha value is -1.28. The molecule has 2 aromatic heterocycles. The van der Waals surface area contributed by atoms with Gasteiger partial charge in [0.25, 0.3) is 8.18 Å². The monoisotopic (exact) mass is 474 g/mol. The Morgan fingerprint density at radius 1 is 1.28 bits per heavy atom. The van der Waals surface area contributed by atoms with Crippen LogP contribution in [-0.4, -0.2) is 64.4 Å². The molecule has 7 N–H and O–H groups in total. The van der Waals surface area contributed by atoms with Gasteiger partial charge in [-0.25, -0.2) is 23.8 Å². The molecule has 19 heteroatoms. The first-order valence-corrected chi connectivity index (χ1v) is 11.9. The van der Waals surface area contributed by atoms with Crippen LogP contribution in [0, 0.1) is 0 Å². The number of aliphatic hydroxyl groups excluding tert-OH is 2. The zero-order valence-corrected chi connectivity index (χ0v) is 17.1. The fraction of sp³-hybridized carbons (Fsp3) is 0.500. The Balaban J connectivity index is 1.62. The van der Waals surface area contributed by atoms with E-state index in [4.69, 9.17) is 24.8 Å². The van der Waals surface area contributed by atoms with Gasteiger partial charge < -0.3 is 35.0 Å². The highest BCUT2D eigenvalue weighted by Crippen LogP contribution is 2.44. The number of anilines is 1. The largest absolute Gasteiger partial charge is 0.407 e. The van der Waals surface area contributed by atoms with Crippen molar-refractivity contribution in [2.75, 3.05) is 12.3 Å². The number of aromatic nitrogens is 4. The summed E-state index contributed by atoms with van der Waals surface area (Å²) in [5.41, 5.74) is 6.20. The van der Waals surface area contributed by atoms with Crippen molar-refractivity contribution in [3.8, 4) is 0 Å². The molecule has 0 saturated carbocycles. The molecule has 0 amide bonds. The minimum Gasteiger partial charge on any atom is -0.387 e. The third-order valence-electron chi connectivity index (χ3n) is 3.78. The Bertz CT molecular complexity index is 982. The van der Waals surface area contributed by atoms with Crippen molar-refractivity contribution < 1.29 is 47.3 Å². The van der Waals surface area contributed by atoms with Crippen molar-refractivity contribution in [3.63, 3.8) is 0 Å². The predicted octanol–water partition coefficient (Wildman–Crippen LogP) is -1.48. The summed E-state index contributed by atoms with van der Waals surface area (Å²) in [6.07, 6.45) is -2.72. The second-order valence-corrected chi connectivity index (χ2v) is 9.90. The van der Waals surface area contributed by atoms with Crippen molar-refractivity contribution >= 4 is 41.2 Å². The number of hydrogen-bond donors (Lipinski definition) is 6. The molecule has 1 aliphatic rings. The lowest BCUT2D eigenvalue weighted by molar-refractivity contribution is -0.0474. The average Bonchev–Trinajstić information content (AvgIpc) is 3.15. The third kappa shape index (κ3) is 5.26. The predicted molar refractivity (Wildman–Crippen MR) is 95.9 cm³/mol. The number of nitrogens with one attached hydrogen (secondary N) is 1. The molecule has 3 rings (SSSR count). The second kappa shape index (κ2) is 8.84. The van der Waals surface area contributed by atoms with Crippen LogP contribution in [0.15, 0.2) is 12.7 Å². The molecule has 2 unspecified atom stereocenters. The summed E-state index contributed by atoms with van der Waals surface area (Å²) >= 11 is 0. The molecule has 0 aromatic carbocycles. The van der Waals surface area contributed by atoms with Crippen LogP contribution in [0.2, 0.25) is 0 Å². The SMILES string of the molecule is Nc1ncnc2c1ncn2[C@@H]1O[C@H](CO[PH](=O)O[PH](=O)NP(=O)(O)O)[C@@H](O)[C@H]1O. The molecule has 162 valence electrons. The van der Waals surface area contributed by atoms with E-state index >= 15 is 0 Å². The quantitative estimate of drug-likeness (QED) is 0.239. The van der Waals surface area contributed by atoms with E-state index in [1.54, 1.807) is 0 Å². The van der Waals surface area contributed by atoms with Crippen LogP contribution in [0.25, 0.3) is 11.2 Å². The lowest BCUT2D eigenvalue weighted by atomic mass is 10.1. The van der Waals surface area contributed by atoms with Gasteiger partial charge in [0.15, 0.2) is 17.7 Å². The van der Waals surface area contributed by atoms with Crippen molar-refractivity contribution in [3.05, 3.63) is 12.7 Å². The zero-order chi connectivity index (χ0) is 21.3. The molecular formula is C10H17N6O10P3. The fourth-order valence-electron chi connectivity index (χ4n) is 2.55. The van der Waals surface area contributed by atoms with Crippen LogP contribution >= 0.6 is 24.2 Å². The number of fused-ring (bicyclic) bond motifs is 1. The number of imidazole rings is 1. The lowest BCUT2D eigenvalue weighted by Gasteiger charge is -2.16. The number of nitrogens with zero attached hydrogens (tertiary/aromatic N) is 4. The first-order valence-electron chi connectivity index (χ1n) is 7.74. The van der Waals surface area contributed by atoms with Crippen molar-refractivity contribution in [2.24, 2.45) is 0 Å². The Kier molecular flexibility index (Phi) is 6.83. The molecule has 29 heavy (non-hydrogen) atoms. The smallest absolute Gasteiger partial charge is 0.387 e. The third-order valence-corrected chi connectivity index (χ3v) is 7.48. The molecule has 16 nitrogen and oxygen atoms in total. The maximum atomic E-state index is 11.6. The number of aliphatic hydroxyl groups is 2. The molecule has 0 aliphatic carbocycles. The summed E-state index contributed by atoms with van der Waals surface area (Å²) in [6.45, 7) is -0.540. The molecule has 0 spiro atoms. The normalized spacial score (nSPS) is 27.3. The van der Waals surface area contributed by atoms with E-state index in [1.165, 1.54) is 22.1 Å². The first-order chi connectivity index (χ1) is 13.6. The van der Waals surface area contributed by atoms with Gasteiger partial charge >= 0.3 is 16.0 Å². The molecule has 3 heterocycles. The van der Waals surface area contributed by atoms with Crippen LogP contribution in [0.4, 0.5) is 5.82 Å². The van der Waals surface area contributed by atoms with E-state index in [2.05, 4.69) is 19.3 Å². The molecule has 0 bridgehead atoms. The van der Waals surface area contributed by atoms with Crippen molar-refractivity contribution in [1.82, 2.24) is 24.4 Å². The number of rotatable bonds is 8. The number of ether oxygens (including phenoxy) is 1. The van der Waals surface area contributed by atoms with Gasteiger partial charge in [0, 0.05) is 0 Å². The Morgan fingerprint density at radius 3 is 2.69 bits per heavy atom. The van der Waals surface area contributed by atoms with Crippen LogP contribution in [-0.2, 0) is 27.3 Å².